The van der Waals surface area contributed by atoms with Crippen molar-refractivity contribution in [3.05, 3.63) is 60.7 Å². The number of hydrogen-bond acceptors (Lipinski definition) is 3. The van der Waals surface area contributed by atoms with Gasteiger partial charge in [0.1, 0.15) is 17.2 Å². The molecule has 3 rings (SSSR count). The summed E-state index contributed by atoms with van der Waals surface area (Å²) in [6.45, 7) is 0. The maximum absolute atomic E-state index is 12.3. The highest BCUT2D eigenvalue weighted by molar-refractivity contribution is 6.05. The minimum atomic E-state index is -0.236. The van der Waals surface area contributed by atoms with E-state index in [0.717, 1.165) is 0 Å². The zero-order valence-electron chi connectivity index (χ0n) is 10.9. The van der Waals surface area contributed by atoms with Gasteiger partial charge in [-0.3, -0.25) is 9.48 Å². The number of hydrogen-bond donors (Lipinski definition) is 1. The van der Waals surface area contributed by atoms with Gasteiger partial charge in [-0.25, -0.2) is 4.98 Å². The molecule has 0 aliphatic heterocycles. The third-order valence-corrected chi connectivity index (χ3v) is 2.91. The van der Waals surface area contributed by atoms with E-state index in [9.17, 15) is 4.79 Å². The number of pyridine rings is 1. The van der Waals surface area contributed by atoms with Gasteiger partial charge in [0.2, 0.25) is 0 Å². The number of nitrogens with zero attached hydrogens (tertiary/aromatic N) is 4. The molecule has 0 aromatic carbocycles. The normalized spacial score (nSPS) is 10.4. The summed E-state index contributed by atoms with van der Waals surface area (Å²) in [6.07, 6.45) is 6.92. The number of aryl methyl sites for hydroxylation is 1. The number of rotatable bonds is 3. The highest BCUT2D eigenvalue weighted by Crippen LogP contribution is 2.15. The zero-order valence-corrected chi connectivity index (χ0v) is 10.9. The summed E-state index contributed by atoms with van der Waals surface area (Å²) in [5.74, 6) is 0.990. The molecule has 0 aliphatic carbocycles. The van der Waals surface area contributed by atoms with Crippen LogP contribution in [-0.2, 0) is 7.05 Å². The van der Waals surface area contributed by atoms with Crippen molar-refractivity contribution in [2.75, 3.05) is 5.32 Å². The third-order valence-electron chi connectivity index (χ3n) is 2.91. The molecule has 0 unspecified atom stereocenters. The van der Waals surface area contributed by atoms with Gasteiger partial charge in [-0.05, 0) is 24.3 Å². The highest BCUT2D eigenvalue weighted by Gasteiger charge is 2.17. The third kappa shape index (κ3) is 2.18. The first-order chi connectivity index (χ1) is 9.75. The molecule has 20 heavy (non-hydrogen) atoms. The molecule has 6 heteroatoms. The topological polar surface area (TPSA) is 64.7 Å². The van der Waals surface area contributed by atoms with Gasteiger partial charge in [-0.15, -0.1) is 0 Å². The Kier molecular flexibility index (Phi) is 3.04. The molecule has 0 spiro atoms. The molecule has 100 valence electrons. The lowest BCUT2D eigenvalue weighted by atomic mass is 10.3. The highest BCUT2D eigenvalue weighted by atomic mass is 16.1. The van der Waals surface area contributed by atoms with Gasteiger partial charge in [0.15, 0.2) is 0 Å². The molecule has 0 saturated heterocycles. The van der Waals surface area contributed by atoms with Crippen LogP contribution in [0, 0.1) is 0 Å². The summed E-state index contributed by atoms with van der Waals surface area (Å²) in [5, 5.41) is 6.91. The molecule has 1 amide bonds. The summed E-state index contributed by atoms with van der Waals surface area (Å²) < 4.78 is 3.51. The van der Waals surface area contributed by atoms with Gasteiger partial charge in [-0.2, -0.15) is 5.10 Å². The Balaban J connectivity index is 1.93. The molecule has 0 bridgehead atoms. The van der Waals surface area contributed by atoms with Crippen molar-refractivity contribution in [3.8, 4) is 5.82 Å². The van der Waals surface area contributed by atoms with Crippen LogP contribution >= 0.6 is 0 Å². The van der Waals surface area contributed by atoms with Gasteiger partial charge in [0.05, 0.1) is 6.20 Å². The number of carbonyl (C=O) groups is 1. The Labute approximate surface area is 115 Å². The van der Waals surface area contributed by atoms with E-state index in [1.165, 1.54) is 0 Å². The van der Waals surface area contributed by atoms with E-state index in [0.29, 0.717) is 17.2 Å². The second-order valence-electron chi connectivity index (χ2n) is 4.26. The average Bonchev–Trinajstić information content (AvgIpc) is 3.08. The molecular formula is C14H13N5O. The number of amides is 1. The van der Waals surface area contributed by atoms with E-state index in [-0.39, 0.29) is 5.91 Å². The Hall–Kier alpha value is -2.89. The Morgan fingerprint density at radius 1 is 1.20 bits per heavy atom. The van der Waals surface area contributed by atoms with Crippen LogP contribution in [0.2, 0.25) is 0 Å². The molecule has 6 nitrogen and oxygen atoms in total. The summed E-state index contributed by atoms with van der Waals surface area (Å²) in [6, 6.07) is 9.15. The molecule has 0 radical (unpaired) electrons. The maximum atomic E-state index is 12.3. The lowest BCUT2D eigenvalue weighted by molar-refractivity contribution is 0.102. The van der Waals surface area contributed by atoms with Crippen LogP contribution in [-0.4, -0.2) is 25.2 Å². The summed E-state index contributed by atoms with van der Waals surface area (Å²) in [4.78, 5) is 16.4. The van der Waals surface area contributed by atoms with Crippen LogP contribution in [0.4, 0.5) is 5.82 Å². The molecule has 0 atom stereocenters. The number of anilines is 1. The van der Waals surface area contributed by atoms with E-state index >= 15 is 0 Å². The molecule has 3 heterocycles. The van der Waals surface area contributed by atoms with Crippen LogP contribution in [0.15, 0.2) is 55.1 Å². The molecule has 0 saturated carbocycles. The minimum absolute atomic E-state index is 0.236. The van der Waals surface area contributed by atoms with E-state index in [4.69, 9.17) is 0 Å². The van der Waals surface area contributed by atoms with Crippen LogP contribution in [0.1, 0.15) is 10.4 Å². The lowest BCUT2D eigenvalue weighted by Gasteiger charge is -2.07. The van der Waals surface area contributed by atoms with Crippen molar-refractivity contribution in [3.63, 3.8) is 0 Å². The van der Waals surface area contributed by atoms with Crippen LogP contribution in [0.3, 0.4) is 0 Å². The van der Waals surface area contributed by atoms with Crippen molar-refractivity contribution in [2.24, 2.45) is 7.05 Å². The smallest absolute Gasteiger partial charge is 0.262 e. The Bertz CT molecular complexity index is 715. The van der Waals surface area contributed by atoms with Crippen LogP contribution in [0.25, 0.3) is 5.82 Å². The monoisotopic (exact) mass is 267 g/mol. The predicted octanol–water partition coefficient (Wildman–Crippen LogP) is 1.86. The molecule has 0 fully saturated rings. The van der Waals surface area contributed by atoms with Gasteiger partial charge < -0.3 is 9.88 Å². The second kappa shape index (κ2) is 5.00. The molecule has 0 aliphatic rings. The van der Waals surface area contributed by atoms with E-state index < -0.39 is 0 Å². The summed E-state index contributed by atoms with van der Waals surface area (Å²) in [5.41, 5.74) is 0.495. The fourth-order valence-electron chi connectivity index (χ4n) is 1.99. The van der Waals surface area contributed by atoms with Gasteiger partial charge in [0, 0.05) is 25.6 Å². The van der Waals surface area contributed by atoms with Gasteiger partial charge in [0.25, 0.3) is 5.91 Å². The molecule has 3 aromatic rings. The SMILES string of the molecule is Cn1ncc(C(=O)Nc2ccccn2)c1-n1cccc1. The quantitative estimate of drug-likeness (QED) is 0.787. The minimum Gasteiger partial charge on any atom is -0.308 e. The van der Waals surface area contributed by atoms with E-state index in [2.05, 4.69) is 15.4 Å². The largest absolute Gasteiger partial charge is 0.308 e. The zero-order chi connectivity index (χ0) is 13.9. The van der Waals surface area contributed by atoms with Crippen molar-refractivity contribution >= 4 is 11.7 Å². The first-order valence-electron chi connectivity index (χ1n) is 6.13. The van der Waals surface area contributed by atoms with Crippen LogP contribution < -0.4 is 5.32 Å². The standard InChI is InChI=1S/C14H13N5O/c1-18-14(19-8-4-5-9-19)11(10-16-18)13(20)17-12-6-2-3-7-15-12/h2-10H,1H3,(H,15,17,20). The van der Waals surface area contributed by atoms with Crippen molar-refractivity contribution in [2.45, 2.75) is 0 Å². The van der Waals surface area contributed by atoms with E-state index in [1.807, 2.05) is 35.2 Å². The second-order valence-corrected chi connectivity index (χ2v) is 4.26. The average molecular weight is 267 g/mol. The van der Waals surface area contributed by atoms with Crippen molar-refractivity contribution < 1.29 is 4.79 Å². The van der Waals surface area contributed by atoms with E-state index in [1.54, 1.807) is 36.3 Å². The summed E-state index contributed by atoms with van der Waals surface area (Å²) >= 11 is 0. The van der Waals surface area contributed by atoms with Gasteiger partial charge in [-0.1, -0.05) is 6.07 Å². The summed E-state index contributed by atoms with van der Waals surface area (Å²) in [7, 11) is 1.80. The first kappa shape index (κ1) is 12.2. The maximum Gasteiger partial charge on any atom is 0.262 e. The Morgan fingerprint density at radius 3 is 2.70 bits per heavy atom. The molecule has 1 N–H and O–H groups in total. The fourth-order valence-corrected chi connectivity index (χ4v) is 1.99. The lowest BCUT2D eigenvalue weighted by Crippen LogP contribution is -2.15. The molecular weight excluding hydrogens is 254 g/mol. The van der Waals surface area contributed by atoms with Gasteiger partial charge >= 0.3 is 0 Å². The fraction of sp³-hybridized carbons (Fsp3) is 0.0714. The molecule has 3 aromatic heterocycles. The number of nitrogens with one attached hydrogen (secondary N) is 1. The Morgan fingerprint density at radius 2 is 2.00 bits per heavy atom. The van der Waals surface area contributed by atoms with Crippen molar-refractivity contribution in [1.82, 2.24) is 19.3 Å². The van der Waals surface area contributed by atoms with Crippen LogP contribution in [0.5, 0.6) is 0 Å². The first-order valence-corrected chi connectivity index (χ1v) is 6.13. The van der Waals surface area contributed by atoms with Crippen molar-refractivity contribution in [1.29, 1.82) is 0 Å². The number of carbonyl (C=O) groups excluding carboxylic acids is 1. The number of aromatic nitrogens is 4. The predicted molar refractivity (Wildman–Crippen MR) is 74.7 cm³/mol.